The number of carbonyl (C=O) groups is 1. The molecule has 1 amide bonds. The zero-order valence-electron chi connectivity index (χ0n) is 19.2. The highest BCUT2D eigenvalue weighted by molar-refractivity contribution is 7.86. The minimum Gasteiger partial charge on any atom is -0.366 e. The number of carbonyl (C=O) groups excluding carboxylic acids is 1. The number of hydrogen-bond donors (Lipinski definition) is 0. The summed E-state index contributed by atoms with van der Waals surface area (Å²) in [6.45, 7) is 0.719. The predicted molar refractivity (Wildman–Crippen MR) is 140 cm³/mol. The highest BCUT2D eigenvalue weighted by atomic mass is 35.5. The maximum atomic E-state index is 13.1. The Morgan fingerprint density at radius 1 is 0.972 bits per heavy atom. The van der Waals surface area contributed by atoms with Gasteiger partial charge in [-0.15, -0.1) is 0 Å². The number of ether oxygens (including phenoxy) is 1. The summed E-state index contributed by atoms with van der Waals surface area (Å²) in [6, 6.07) is 20.3. The molecule has 1 atom stereocenters. The van der Waals surface area contributed by atoms with E-state index in [4.69, 9.17) is 43.7 Å². The van der Waals surface area contributed by atoms with Crippen molar-refractivity contribution in [2.24, 2.45) is 0 Å². The van der Waals surface area contributed by atoms with E-state index in [9.17, 15) is 13.2 Å². The van der Waals surface area contributed by atoms with Crippen molar-refractivity contribution in [1.82, 2.24) is 4.90 Å². The summed E-state index contributed by atoms with van der Waals surface area (Å²) >= 11 is 18.3. The molecule has 190 valence electrons. The number of hydrogen-bond acceptors (Lipinski definition) is 5. The molecule has 1 aliphatic heterocycles. The second-order valence-corrected chi connectivity index (χ2v) is 11.3. The van der Waals surface area contributed by atoms with E-state index in [1.54, 1.807) is 23.1 Å². The van der Waals surface area contributed by atoms with Gasteiger partial charge in [0.25, 0.3) is 10.1 Å². The normalized spacial score (nSPS) is 18.2. The van der Waals surface area contributed by atoms with Crippen molar-refractivity contribution in [2.75, 3.05) is 26.3 Å². The minimum absolute atomic E-state index is 0.000264. The first-order chi connectivity index (χ1) is 17.2. The Morgan fingerprint density at radius 2 is 1.69 bits per heavy atom. The molecule has 0 spiro atoms. The molecule has 3 aromatic carbocycles. The highest BCUT2D eigenvalue weighted by Crippen LogP contribution is 2.37. The molecule has 1 saturated heterocycles. The Bertz CT molecular complexity index is 1320. The summed E-state index contributed by atoms with van der Waals surface area (Å²) < 4.78 is 36.9. The fraction of sp³-hybridized carbons (Fsp3) is 0.269. The molecule has 0 radical (unpaired) electrons. The van der Waals surface area contributed by atoms with Crippen LogP contribution in [0.25, 0.3) is 0 Å². The van der Waals surface area contributed by atoms with Crippen molar-refractivity contribution in [2.45, 2.75) is 23.3 Å². The second kappa shape index (κ2) is 11.5. The summed E-state index contributed by atoms with van der Waals surface area (Å²) in [5, 5.41) is 1.13. The smallest absolute Gasteiger partial charge is 0.296 e. The molecule has 1 fully saturated rings. The van der Waals surface area contributed by atoms with E-state index in [0.717, 1.165) is 5.56 Å². The number of halogens is 3. The Labute approximate surface area is 225 Å². The maximum absolute atomic E-state index is 13.1. The summed E-state index contributed by atoms with van der Waals surface area (Å²) in [5.41, 5.74) is 0.557. The molecule has 0 aliphatic carbocycles. The van der Waals surface area contributed by atoms with Crippen molar-refractivity contribution >= 4 is 50.8 Å². The molecule has 6 nitrogen and oxygen atoms in total. The van der Waals surface area contributed by atoms with Gasteiger partial charge >= 0.3 is 0 Å². The topological polar surface area (TPSA) is 72.9 Å². The third-order valence-electron chi connectivity index (χ3n) is 6.03. The Kier molecular flexibility index (Phi) is 8.60. The van der Waals surface area contributed by atoms with E-state index in [1.165, 1.54) is 24.3 Å². The van der Waals surface area contributed by atoms with Crippen LogP contribution in [0.2, 0.25) is 15.1 Å². The van der Waals surface area contributed by atoms with E-state index in [1.807, 2.05) is 30.3 Å². The van der Waals surface area contributed by atoms with Crippen LogP contribution in [0.4, 0.5) is 0 Å². The van der Waals surface area contributed by atoms with Crippen LogP contribution in [-0.2, 0) is 35.9 Å². The van der Waals surface area contributed by atoms with Crippen LogP contribution in [0, 0.1) is 0 Å². The Hall–Kier alpha value is -2.13. The average Bonchev–Trinajstić information content (AvgIpc) is 2.86. The van der Waals surface area contributed by atoms with Gasteiger partial charge in [0.2, 0.25) is 5.91 Å². The first-order valence-corrected chi connectivity index (χ1v) is 13.8. The van der Waals surface area contributed by atoms with Crippen LogP contribution < -0.4 is 0 Å². The number of morpholine rings is 1. The van der Waals surface area contributed by atoms with Crippen LogP contribution in [-0.4, -0.2) is 45.5 Å². The van der Waals surface area contributed by atoms with E-state index < -0.39 is 15.7 Å². The van der Waals surface area contributed by atoms with Crippen LogP contribution in [0.5, 0.6) is 0 Å². The molecule has 36 heavy (non-hydrogen) atoms. The van der Waals surface area contributed by atoms with E-state index in [-0.39, 0.29) is 43.4 Å². The lowest BCUT2D eigenvalue weighted by atomic mass is 9.88. The van der Waals surface area contributed by atoms with Crippen LogP contribution in [0.1, 0.15) is 17.5 Å². The van der Waals surface area contributed by atoms with Crippen molar-refractivity contribution < 1.29 is 22.1 Å². The zero-order valence-corrected chi connectivity index (χ0v) is 22.3. The number of amides is 1. The van der Waals surface area contributed by atoms with Crippen LogP contribution in [0.3, 0.4) is 0 Å². The van der Waals surface area contributed by atoms with Gasteiger partial charge in [0, 0.05) is 18.0 Å². The molecule has 3 aromatic rings. The van der Waals surface area contributed by atoms with Crippen LogP contribution >= 0.6 is 34.8 Å². The van der Waals surface area contributed by atoms with Gasteiger partial charge < -0.3 is 9.64 Å². The fourth-order valence-electron chi connectivity index (χ4n) is 4.11. The van der Waals surface area contributed by atoms with Crippen molar-refractivity contribution in [3.63, 3.8) is 0 Å². The SMILES string of the molecule is O=C(Cc1ccccc1)N1CCO[C@](CCOS(=O)(=O)c2ccc(Cl)cc2)(c2ccc(Cl)c(Cl)c2)C1. The van der Waals surface area contributed by atoms with Gasteiger partial charge in [0.05, 0.1) is 41.1 Å². The van der Waals surface area contributed by atoms with Gasteiger partial charge in [0.1, 0.15) is 5.60 Å². The predicted octanol–water partition coefficient (Wildman–Crippen LogP) is 5.74. The average molecular weight is 569 g/mol. The van der Waals surface area contributed by atoms with Gasteiger partial charge in [0.15, 0.2) is 0 Å². The molecule has 0 bridgehead atoms. The van der Waals surface area contributed by atoms with Gasteiger partial charge in [-0.3, -0.25) is 8.98 Å². The highest BCUT2D eigenvalue weighted by Gasteiger charge is 2.40. The zero-order chi connectivity index (χ0) is 25.8. The Balaban J connectivity index is 1.55. The molecule has 1 aliphatic rings. The monoisotopic (exact) mass is 567 g/mol. The number of benzene rings is 3. The lowest BCUT2D eigenvalue weighted by Gasteiger charge is -2.43. The van der Waals surface area contributed by atoms with E-state index >= 15 is 0 Å². The molecule has 0 N–H and O–H groups in total. The third-order valence-corrected chi connectivity index (χ3v) is 8.35. The van der Waals surface area contributed by atoms with E-state index in [2.05, 4.69) is 0 Å². The standard InChI is InChI=1S/C26H24Cl3NO5S/c27-21-7-9-22(10-8-21)36(32,33)35-14-12-26(20-6-11-23(28)24(29)17-20)18-30(13-15-34-26)25(31)16-19-4-2-1-3-5-19/h1-11,17H,12-16,18H2/t26-/m0/s1. The van der Waals surface area contributed by atoms with Crippen molar-refractivity contribution in [1.29, 1.82) is 0 Å². The summed E-state index contributed by atoms with van der Waals surface area (Å²) in [7, 11) is -4.01. The van der Waals surface area contributed by atoms with E-state index in [0.29, 0.717) is 27.2 Å². The van der Waals surface area contributed by atoms with Crippen LogP contribution in [0.15, 0.2) is 77.7 Å². The second-order valence-electron chi connectivity index (χ2n) is 8.43. The molecule has 1 heterocycles. The first-order valence-electron chi connectivity index (χ1n) is 11.2. The third kappa shape index (κ3) is 6.40. The largest absolute Gasteiger partial charge is 0.366 e. The molecule has 4 rings (SSSR count). The summed E-state index contributed by atoms with van der Waals surface area (Å²) in [4.78, 5) is 14.9. The van der Waals surface area contributed by atoms with Gasteiger partial charge in [-0.1, -0.05) is 71.2 Å². The molecule has 0 saturated carbocycles. The number of rotatable bonds is 8. The molecule has 10 heteroatoms. The molecular formula is C26H24Cl3NO5S. The first kappa shape index (κ1) is 26.9. The van der Waals surface area contributed by atoms with Gasteiger partial charge in [-0.05, 0) is 47.5 Å². The summed E-state index contributed by atoms with van der Waals surface area (Å²) in [6.07, 6.45) is 0.409. The summed E-state index contributed by atoms with van der Waals surface area (Å²) in [5.74, 6) is -0.0522. The van der Waals surface area contributed by atoms with Crippen molar-refractivity contribution in [3.05, 3.63) is 99.0 Å². The molecule has 0 unspecified atom stereocenters. The van der Waals surface area contributed by atoms with Gasteiger partial charge in [-0.25, -0.2) is 0 Å². The molecule has 0 aromatic heterocycles. The maximum Gasteiger partial charge on any atom is 0.296 e. The lowest BCUT2D eigenvalue weighted by Crippen LogP contribution is -2.52. The van der Waals surface area contributed by atoms with Gasteiger partial charge in [-0.2, -0.15) is 8.42 Å². The fourth-order valence-corrected chi connectivity index (χ4v) is 5.45. The minimum atomic E-state index is -4.01. The lowest BCUT2D eigenvalue weighted by molar-refractivity contribution is -0.154. The molecular weight excluding hydrogens is 545 g/mol. The van der Waals surface area contributed by atoms with Crippen molar-refractivity contribution in [3.8, 4) is 0 Å². The quantitative estimate of drug-likeness (QED) is 0.324. The Morgan fingerprint density at radius 3 is 2.39 bits per heavy atom. The number of nitrogens with zero attached hydrogens (tertiary/aromatic N) is 1.